The Hall–Kier alpha value is -3.00. The van der Waals surface area contributed by atoms with Gasteiger partial charge in [0.2, 0.25) is 5.91 Å². The zero-order valence-corrected chi connectivity index (χ0v) is 17.6. The summed E-state index contributed by atoms with van der Waals surface area (Å²) in [7, 11) is -3.99. The van der Waals surface area contributed by atoms with Crippen molar-refractivity contribution >= 4 is 33.2 Å². The van der Waals surface area contributed by atoms with Crippen LogP contribution in [0, 0.1) is 11.8 Å². The van der Waals surface area contributed by atoms with Crippen LogP contribution in [0.5, 0.6) is 0 Å². The van der Waals surface area contributed by atoms with Crippen molar-refractivity contribution in [2.75, 3.05) is 5.32 Å². The second-order valence-electron chi connectivity index (χ2n) is 8.01. The summed E-state index contributed by atoms with van der Waals surface area (Å²) in [6.45, 7) is 4.27. The summed E-state index contributed by atoms with van der Waals surface area (Å²) in [5.41, 5.74) is 1.23. The maximum absolute atomic E-state index is 13.3. The monoisotopic (exact) mass is 425 g/mol. The number of carbonyl (C=O) groups excluding carboxylic acids is 2. The number of nitrogens with one attached hydrogen (secondary N) is 1. The quantitative estimate of drug-likeness (QED) is 0.743. The van der Waals surface area contributed by atoms with E-state index in [0.29, 0.717) is 12.1 Å². The van der Waals surface area contributed by atoms with E-state index in [2.05, 4.69) is 9.71 Å². The van der Waals surface area contributed by atoms with Gasteiger partial charge in [0.15, 0.2) is 11.7 Å². The van der Waals surface area contributed by atoms with Crippen LogP contribution in [0.3, 0.4) is 0 Å². The van der Waals surface area contributed by atoms with E-state index in [1.807, 2.05) is 44.2 Å². The van der Waals surface area contributed by atoms with Gasteiger partial charge in [-0.3, -0.25) is 9.59 Å². The molecule has 0 aliphatic carbocycles. The molecule has 2 atom stereocenters. The Bertz CT molecular complexity index is 1130. The summed E-state index contributed by atoms with van der Waals surface area (Å²) < 4.78 is 29.0. The number of sulfonamides is 1. The van der Waals surface area contributed by atoms with Crippen LogP contribution < -0.4 is 5.32 Å². The van der Waals surface area contributed by atoms with Crippen molar-refractivity contribution in [3.05, 3.63) is 60.2 Å². The van der Waals surface area contributed by atoms with Gasteiger partial charge in [-0.1, -0.05) is 56.3 Å². The van der Waals surface area contributed by atoms with Crippen molar-refractivity contribution in [3.63, 3.8) is 0 Å². The number of para-hydroxylation sites is 1. The van der Waals surface area contributed by atoms with Crippen LogP contribution in [0.1, 0.15) is 25.8 Å². The molecule has 2 heterocycles. The molecular formula is C22H23N3O4S. The van der Waals surface area contributed by atoms with Gasteiger partial charge in [-0.05, 0) is 30.0 Å². The lowest BCUT2D eigenvalue weighted by Gasteiger charge is -2.25. The molecule has 156 valence electrons. The van der Waals surface area contributed by atoms with E-state index in [-0.39, 0.29) is 29.0 Å². The van der Waals surface area contributed by atoms with Gasteiger partial charge in [0.1, 0.15) is 10.7 Å². The fourth-order valence-electron chi connectivity index (χ4n) is 3.96. The van der Waals surface area contributed by atoms with Crippen LogP contribution >= 0.6 is 0 Å². The Morgan fingerprint density at radius 2 is 1.70 bits per heavy atom. The summed E-state index contributed by atoms with van der Waals surface area (Å²) in [5, 5.41) is 2.92. The molecule has 30 heavy (non-hydrogen) atoms. The van der Waals surface area contributed by atoms with Gasteiger partial charge in [0.25, 0.3) is 10.0 Å². The molecular weight excluding hydrogens is 402 g/mol. The molecule has 8 heteroatoms. The summed E-state index contributed by atoms with van der Waals surface area (Å²) in [4.78, 5) is 28.2. The first-order valence-electron chi connectivity index (χ1n) is 9.87. The number of benzene rings is 2. The molecule has 0 radical (unpaired) electrons. The van der Waals surface area contributed by atoms with E-state index in [1.54, 1.807) is 23.1 Å². The number of Topliss-reactive ketones (excluding diaryl/α,β-unsaturated/α-hetero) is 1. The number of anilines is 1. The number of rotatable bonds is 5. The van der Waals surface area contributed by atoms with Crippen LogP contribution in [-0.2, 0) is 26.2 Å². The lowest BCUT2D eigenvalue weighted by atomic mass is 9.95. The molecule has 2 aliphatic heterocycles. The highest BCUT2D eigenvalue weighted by atomic mass is 32.2. The first kappa shape index (κ1) is 20.3. The van der Waals surface area contributed by atoms with Gasteiger partial charge < -0.3 is 10.2 Å². The largest absolute Gasteiger partial charge is 0.341 e. The molecule has 2 aromatic carbocycles. The van der Waals surface area contributed by atoms with Crippen molar-refractivity contribution in [3.8, 4) is 0 Å². The molecule has 1 fully saturated rings. The number of amidine groups is 1. The average molecular weight is 426 g/mol. The van der Waals surface area contributed by atoms with E-state index < -0.39 is 27.9 Å². The number of carbonyl (C=O) groups is 2. The minimum atomic E-state index is -3.99. The Labute approximate surface area is 175 Å². The van der Waals surface area contributed by atoms with Crippen molar-refractivity contribution in [1.82, 2.24) is 4.90 Å². The van der Waals surface area contributed by atoms with E-state index in [1.165, 1.54) is 6.07 Å². The number of hydrogen-bond donors (Lipinski definition) is 1. The Kier molecular flexibility index (Phi) is 5.19. The average Bonchev–Trinajstić information content (AvgIpc) is 2.92. The SMILES string of the molecule is CC(C)C[C@H]1C(=O)C(C2=NS(=O)(=O)c3ccccc3N2)C(=O)N1Cc1ccccc1. The second-order valence-corrected chi connectivity index (χ2v) is 9.58. The highest BCUT2D eigenvalue weighted by Gasteiger charge is 2.50. The highest BCUT2D eigenvalue weighted by Crippen LogP contribution is 2.33. The first-order chi connectivity index (χ1) is 14.3. The third-order valence-electron chi connectivity index (χ3n) is 5.33. The number of fused-ring (bicyclic) bond motifs is 1. The fourth-order valence-corrected chi connectivity index (χ4v) is 5.11. The molecule has 1 saturated heterocycles. The lowest BCUT2D eigenvalue weighted by Crippen LogP contribution is -2.37. The van der Waals surface area contributed by atoms with Gasteiger partial charge in [-0.2, -0.15) is 8.42 Å². The maximum atomic E-state index is 13.3. The summed E-state index contributed by atoms with van der Waals surface area (Å²) >= 11 is 0. The summed E-state index contributed by atoms with van der Waals surface area (Å²) in [6.07, 6.45) is 0.504. The van der Waals surface area contributed by atoms with Crippen LogP contribution in [0.25, 0.3) is 0 Å². The number of hydrogen-bond acceptors (Lipinski definition) is 5. The molecule has 7 nitrogen and oxygen atoms in total. The summed E-state index contributed by atoms with van der Waals surface area (Å²) in [6, 6.07) is 15.1. The van der Waals surface area contributed by atoms with Crippen molar-refractivity contribution in [2.45, 2.75) is 37.8 Å². The highest BCUT2D eigenvalue weighted by molar-refractivity contribution is 7.90. The van der Waals surface area contributed by atoms with Crippen molar-refractivity contribution in [2.24, 2.45) is 16.2 Å². The molecule has 2 aliphatic rings. The molecule has 0 bridgehead atoms. The van der Waals surface area contributed by atoms with E-state index in [9.17, 15) is 18.0 Å². The molecule has 0 saturated carbocycles. The van der Waals surface area contributed by atoms with Crippen molar-refractivity contribution in [1.29, 1.82) is 0 Å². The third kappa shape index (κ3) is 3.63. The second kappa shape index (κ2) is 7.68. The van der Waals surface area contributed by atoms with Crippen LogP contribution in [-0.4, -0.2) is 36.9 Å². The summed E-state index contributed by atoms with van der Waals surface area (Å²) in [5.74, 6) is -1.91. The Morgan fingerprint density at radius 1 is 1.03 bits per heavy atom. The minimum Gasteiger partial charge on any atom is -0.341 e. The number of amides is 1. The van der Waals surface area contributed by atoms with Crippen LogP contribution in [0.4, 0.5) is 5.69 Å². The van der Waals surface area contributed by atoms with E-state index in [4.69, 9.17) is 0 Å². The lowest BCUT2D eigenvalue weighted by molar-refractivity contribution is -0.131. The molecule has 4 rings (SSSR count). The number of nitrogens with zero attached hydrogens (tertiary/aromatic N) is 2. The third-order valence-corrected chi connectivity index (χ3v) is 6.68. The van der Waals surface area contributed by atoms with Crippen LogP contribution in [0.2, 0.25) is 0 Å². The van der Waals surface area contributed by atoms with Gasteiger partial charge in [-0.15, -0.1) is 4.40 Å². The Balaban J connectivity index is 1.71. The topological polar surface area (TPSA) is 95.9 Å². The minimum absolute atomic E-state index is 0.0338. The Morgan fingerprint density at radius 3 is 2.40 bits per heavy atom. The molecule has 1 unspecified atom stereocenters. The predicted octanol–water partition coefficient (Wildman–Crippen LogP) is 2.84. The smallest absolute Gasteiger partial charge is 0.286 e. The molecule has 1 N–H and O–H groups in total. The van der Waals surface area contributed by atoms with E-state index in [0.717, 1.165) is 5.56 Å². The molecule has 0 spiro atoms. The van der Waals surface area contributed by atoms with Gasteiger partial charge in [0, 0.05) is 6.54 Å². The number of ketones is 1. The standard InChI is InChI=1S/C22H23N3O4S/c1-14(2)12-17-20(26)19(22(27)25(17)13-15-8-4-3-5-9-15)21-23-16-10-6-7-11-18(16)30(28,29)24-21/h3-11,14,17,19H,12-13H2,1-2H3,(H,23,24)/t17-,19?/m0/s1. The van der Waals surface area contributed by atoms with Crippen LogP contribution in [0.15, 0.2) is 63.9 Å². The van der Waals surface area contributed by atoms with Crippen molar-refractivity contribution < 1.29 is 18.0 Å². The molecule has 2 aromatic rings. The van der Waals surface area contributed by atoms with Gasteiger partial charge >= 0.3 is 0 Å². The maximum Gasteiger partial charge on any atom is 0.286 e. The first-order valence-corrected chi connectivity index (χ1v) is 11.3. The number of likely N-dealkylation sites (tertiary alicyclic amines) is 1. The fraction of sp³-hybridized carbons (Fsp3) is 0.318. The zero-order valence-electron chi connectivity index (χ0n) is 16.8. The normalized spacial score (nSPS) is 22.6. The van der Waals surface area contributed by atoms with E-state index >= 15 is 0 Å². The van der Waals surface area contributed by atoms with Gasteiger partial charge in [0.05, 0.1) is 11.7 Å². The molecule has 0 aromatic heterocycles. The predicted molar refractivity (Wildman–Crippen MR) is 113 cm³/mol. The zero-order chi connectivity index (χ0) is 21.5. The van der Waals surface area contributed by atoms with Gasteiger partial charge in [-0.25, -0.2) is 0 Å². The molecule has 1 amide bonds.